The van der Waals surface area contributed by atoms with Gasteiger partial charge in [-0.3, -0.25) is 10.1 Å². The molecule has 0 fully saturated rings. The Balaban J connectivity index is 2.86. The lowest BCUT2D eigenvalue weighted by molar-refractivity contribution is -0.384. The monoisotopic (exact) mass is 177 g/mol. The molecule has 0 spiro atoms. The molecule has 66 valence electrons. The van der Waals surface area contributed by atoms with Crippen LogP contribution in [0.25, 0.3) is 11.0 Å². The highest BCUT2D eigenvalue weighted by molar-refractivity contribution is 5.88. The van der Waals surface area contributed by atoms with Crippen molar-refractivity contribution in [1.29, 1.82) is 0 Å². The highest BCUT2D eigenvalue weighted by atomic mass is 16.6. The molecule has 0 aliphatic rings. The molecule has 0 aliphatic carbocycles. The normalized spacial score (nSPS) is 10.5. The molecule has 0 saturated heterocycles. The Morgan fingerprint density at radius 3 is 2.77 bits per heavy atom. The van der Waals surface area contributed by atoms with Crippen LogP contribution in [0.4, 0.5) is 5.69 Å². The van der Waals surface area contributed by atoms with Crippen molar-refractivity contribution in [1.82, 2.24) is 0 Å². The van der Waals surface area contributed by atoms with E-state index in [4.69, 9.17) is 4.42 Å². The van der Waals surface area contributed by atoms with E-state index in [9.17, 15) is 10.1 Å². The van der Waals surface area contributed by atoms with Crippen LogP contribution < -0.4 is 0 Å². The van der Waals surface area contributed by atoms with Crippen LogP contribution in [0.2, 0.25) is 0 Å². The molecule has 0 unspecified atom stereocenters. The molecule has 0 aliphatic heterocycles. The zero-order chi connectivity index (χ0) is 9.42. The summed E-state index contributed by atoms with van der Waals surface area (Å²) in [6.45, 7) is 1.60. The molecule has 1 aromatic carbocycles. The largest absolute Gasteiger partial charge is 0.454 e. The van der Waals surface area contributed by atoms with E-state index in [1.165, 1.54) is 0 Å². The Morgan fingerprint density at radius 1 is 1.38 bits per heavy atom. The van der Waals surface area contributed by atoms with E-state index in [1.807, 2.05) is 0 Å². The van der Waals surface area contributed by atoms with Crippen LogP contribution >= 0.6 is 0 Å². The average Bonchev–Trinajstić information content (AvgIpc) is 2.39. The van der Waals surface area contributed by atoms with Gasteiger partial charge in [-0.05, 0) is 12.1 Å². The van der Waals surface area contributed by atoms with E-state index < -0.39 is 4.92 Å². The van der Waals surface area contributed by atoms with Gasteiger partial charge in [-0.25, -0.2) is 0 Å². The fourth-order valence-electron chi connectivity index (χ4n) is 1.38. The van der Waals surface area contributed by atoms with Gasteiger partial charge >= 0.3 is 5.69 Å². The predicted molar refractivity (Wildman–Crippen MR) is 47.6 cm³/mol. The maximum atomic E-state index is 10.6. The van der Waals surface area contributed by atoms with Crippen molar-refractivity contribution in [3.8, 4) is 0 Å². The Bertz CT molecular complexity index is 473. The van der Waals surface area contributed by atoms with Crippen molar-refractivity contribution in [2.75, 3.05) is 0 Å². The van der Waals surface area contributed by atoms with Gasteiger partial charge in [0.15, 0.2) is 5.76 Å². The Kier molecular flexibility index (Phi) is 1.55. The molecule has 0 radical (unpaired) electrons. The fourth-order valence-corrected chi connectivity index (χ4v) is 1.38. The minimum Gasteiger partial charge on any atom is -0.454 e. The van der Waals surface area contributed by atoms with Gasteiger partial charge in [-0.15, -0.1) is 0 Å². The Labute approximate surface area is 73.9 Å². The van der Waals surface area contributed by atoms with Crippen LogP contribution in [-0.2, 0) is 0 Å². The van der Waals surface area contributed by atoms with Crippen molar-refractivity contribution in [2.45, 2.75) is 6.92 Å². The number of hydrogen-bond acceptors (Lipinski definition) is 3. The molecule has 4 heteroatoms. The first-order chi connectivity index (χ1) is 6.20. The summed E-state index contributed by atoms with van der Waals surface area (Å²) in [6, 6.07) is 6.94. The number of benzene rings is 1. The first-order valence-corrected chi connectivity index (χ1v) is 3.82. The standard InChI is InChI=1S/C9H7NO3/c1-6-9(10(11)12)7-4-2-3-5-8(7)13-6/h2-5H,1H3. The molecule has 0 N–H and O–H groups in total. The van der Waals surface area contributed by atoms with E-state index in [0.717, 1.165) is 0 Å². The Hall–Kier alpha value is -1.84. The van der Waals surface area contributed by atoms with E-state index in [2.05, 4.69) is 0 Å². The summed E-state index contributed by atoms with van der Waals surface area (Å²) in [4.78, 5) is 10.2. The summed E-state index contributed by atoms with van der Waals surface area (Å²) in [6.07, 6.45) is 0. The minimum atomic E-state index is -0.416. The molecule has 13 heavy (non-hydrogen) atoms. The molecular formula is C9H7NO3. The van der Waals surface area contributed by atoms with Crippen molar-refractivity contribution >= 4 is 16.7 Å². The maximum absolute atomic E-state index is 10.6. The van der Waals surface area contributed by atoms with Gasteiger partial charge in [-0.1, -0.05) is 12.1 Å². The second-order valence-electron chi connectivity index (χ2n) is 2.76. The molecule has 4 nitrogen and oxygen atoms in total. The van der Waals surface area contributed by atoms with Gasteiger partial charge in [-0.2, -0.15) is 0 Å². The van der Waals surface area contributed by atoms with Crippen LogP contribution in [0.1, 0.15) is 5.76 Å². The van der Waals surface area contributed by atoms with Crippen LogP contribution in [0.3, 0.4) is 0 Å². The van der Waals surface area contributed by atoms with E-state index >= 15 is 0 Å². The molecule has 2 aromatic rings. The van der Waals surface area contributed by atoms with Crippen LogP contribution in [0.15, 0.2) is 28.7 Å². The number of nitrogens with zero attached hydrogens (tertiary/aromatic N) is 1. The lowest BCUT2D eigenvalue weighted by Gasteiger charge is -1.86. The van der Waals surface area contributed by atoms with Gasteiger partial charge in [0, 0.05) is 6.92 Å². The van der Waals surface area contributed by atoms with Gasteiger partial charge < -0.3 is 4.42 Å². The summed E-state index contributed by atoms with van der Waals surface area (Å²) < 4.78 is 5.22. The average molecular weight is 177 g/mol. The summed E-state index contributed by atoms with van der Waals surface area (Å²) in [5.41, 5.74) is 0.627. The SMILES string of the molecule is Cc1oc2ccccc2c1[N+](=O)[O-]. The molecule has 0 bridgehead atoms. The Morgan fingerprint density at radius 2 is 2.08 bits per heavy atom. The molecule has 1 heterocycles. The highest BCUT2D eigenvalue weighted by Crippen LogP contribution is 2.31. The quantitative estimate of drug-likeness (QED) is 0.497. The number of hydrogen-bond donors (Lipinski definition) is 0. The van der Waals surface area contributed by atoms with Crippen molar-refractivity contribution in [3.63, 3.8) is 0 Å². The van der Waals surface area contributed by atoms with E-state index in [-0.39, 0.29) is 5.69 Å². The first-order valence-electron chi connectivity index (χ1n) is 3.82. The predicted octanol–water partition coefficient (Wildman–Crippen LogP) is 2.65. The third-order valence-corrected chi connectivity index (χ3v) is 1.92. The van der Waals surface area contributed by atoms with Crippen LogP contribution in [0, 0.1) is 17.0 Å². The van der Waals surface area contributed by atoms with Gasteiger partial charge in [0.2, 0.25) is 0 Å². The topological polar surface area (TPSA) is 56.3 Å². The zero-order valence-corrected chi connectivity index (χ0v) is 6.98. The van der Waals surface area contributed by atoms with Crippen LogP contribution in [-0.4, -0.2) is 4.92 Å². The minimum absolute atomic E-state index is 0.0654. The number of para-hydroxylation sites is 1. The van der Waals surface area contributed by atoms with Crippen LogP contribution in [0.5, 0.6) is 0 Å². The summed E-state index contributed by atoms with van der Waals surface area (Å²) >= 11 is 0. The van der Waals surface area contributed by atoms with Crippen molar-refractivity contribution in [3.05, 3.63) is 40.1 Å². The number of aryl methyl sites for hydroxylation is 1. The number of fused-ring (bicyclic) bond motifs is 1. The maximum Gasteiger partial charge on any atom is 0.317 e. The molecule has 1 aromatic heterocycles. The smallest absolute Gasteiger partial charge is 0.317 e. The molecule has 0 amide bonds. The van der Waals surface area contributed by atoms with Crippen molar-refractivity contribution < 1.29 is 9.34 Å². The van der Waals surface area contributed by atoms with Crippen molar-refractivity contribution in [2.24, 2.45) is 0 Å². The van der Waals surface area contributed by atoms with Gasteiger partial charge in [0.05, 0.1) is 10.3 Å². The summed E-state index contributed by atoms with van der Waals surface area (Å²) in [5.74, 6) is 0.353. The third kappa shape index (κ3) is 1.07. The van der Waals surface area contributed by atoms with E-state index in [1.54, 1.807) is 31.2 Å². The molecule has 0 saturated carbocycles. The number of nitro groups is 1. The second-order valence-corrected chi connectivity index (χ2v) is 2.76. The number of rotatable bonds is 1. The third-order valence-electron chi connectivity index (χ3n) is 1.92. The molecule has 0 atom stereocenters. The highest BCUT2D eigenvalue weighted by Gasteiger charge is 2.20. The first kappa shape index (κ1) is 7.79. The van der Waals surface area contributed by atoms with Gasteiger partial charge in [0.1, 0.15) is 5.58 Å². The summed E-state index contributed by atoms with van der Waals surface area (Å²) in [7, 11) is 0. The number of furan rings is 1. The lowest BCUT2D eigenvalue weighted by Crippen LogP contribution is -1.87. The van der Waals surface area contributed by atoms with E-state index in [0.29, 0.717) is 16.7 Å². The molecular weight excluding hydrogens is 170 g/mol. The van der Waals surface area contributed by atoms with Gasteiger partial charge in [0.25, 0.3) is 0 Å². The fraction of sp³-hybridized carbons (Fsp3) is 0.111. The zero-order valence-electron chi connectivity index (χ0n) is 6.98. The summed E-state index contributed by atoms with van der Waals surface area (Å²) in [5, 5.41) is 11.2. The lowest BCUT2D eigenvalue weighted by atomic mass is 10.2. The molecule has 2 rings (SSSR count). The second kappa shape index (κ2) is 2.58.